The summed E-state index contributed by atoms with van der Waals surface area (Å²) in [5.74, 6) is 0. The fraction of sp³-hybridized carbons (Fsp3) is 0.389. The van der Waals surface area contributed by atoms with Gasteiger partial charge in [0.25, 0.3) is 5.56 Å². The van der Waals surface area contributed by atoms with Crippen molar-refractivity contribution in [3.63, 3.8) is 0 Å². The van der Waals surface area contributed by atoms with Crippen LogP contribution < -0.4 is 16.6 Å². The Hall–Kier alpha value is -2.83. The molecule has 132 valence electrons. The molecule has 0 radical (unpaired) electrons. The van der Waals surface area contributed by atoms with Crippen molar-refractivity contribution in [2.24, 2.45) is 0 Å². The number of hydrogen-bond acceptors (Lipinski definition) is 3. The van der Waals surface area contributed by atoms with Crippen LogP contribution in [0.25, 0.3) is 0 Å². The van der Waals surface area contributed by atoms with Crippen LogP contribution in [0, 0.1) is 6.92 Å². The van der Waals surface area contributed by atoms with E-state index in [4.69, 9.17) is 0 Å². The first-order valence-electron chi connectivity index (χ1n) is 8.33. The summed E-state index contributed by atoms with van der Waals surface area (Å²) < 4.78 is 1.54. The third kappa shape index (κ3) is 4.17. The van der Waals surface area contributed by atoms with E-state index in [1.807, 2.05) is 31.2 Å². The van der Waals surface area contributed by atoms with Gasteiger partial charge in [0.1, 0.15) is 0 Å². The van der Waals surface area contributed by atoms with Crippen molar-refractivity contribution < 1.29 is 4.79 Å². The lowest BCUT2D eigenvalue weighted by atomic mass is 10.1. The zero-order chi connectivity index (χ0) is 18.0. The Morgan fingerprint density at radius 3 is 2.80 bits per heavy atom. The van der Waals surface area contributed by atoms with Crippen molar-refractivity contribution >= 4 is 6.03 Å². The van der Waals surface area contributed by atoms with Gasteiger partial charge in [0.15, 0.2) is 0 Å². The van der Waals surface area contributed by atoms with Gasteiger partial charge in [-0.25, -0.2) is 9.59 Å². The van der Waals surface area contributed by atoms with E-state index in [1.54, 1.807) is 22.7 Å². The van der Waals surface area contributed by atoms with Crippen LogP contribution in [0.15, 0.2) is 40.1 Å². The summed E-state index contributed by atoms with van der Waals surface area (Å²) in [5.41, 5.74) is 1.71. The quantitative estimate of drug-likeness (QED) is 0.864. The van der Waals surface area contributed by atoms with E-state index in [-0.39, 0.29) is 24.3 Å². The third-order valence-electron chi connectivity index (χ3n) is 4.26. The molecule has 1 heterocycles. The fourth-order valence-electron chi connectivity index (χ4n) is 2.74. The van der Waals surface area contributed by atoms with Gasteiger partial charge in [0.05, 0.1) is 12.1 Å². The van der Waals surface area contributed by atoms with Gasteiger partial charge in [-0.2, -0.15) is 0 Å². The summed E-state index contributed by atoms with van der Waals surface area (Å²) in [5, 5.41) is 2.73. The van der Waals surface area contributed by atoms with Crippen LogP contribution >= 0.6 is 0 Å². The number of aryl methyl sites for hydroxylation is 1. The number of nitrogens with zero attached hydrogens (tertiary/aromatic N) is 2. The molecule has 2 N–H and O–H groups in total. The second-order valence-electron chi connectivity index (χ2n) is 6.56. The molecule has 2 amide bonds. The number of amides is 2. The lowest BCUT2D eigenvalue weighted by Gasteiger charge is -2.18. The number of aromatic amines is 1. The second kappa shape index (κ2) is 6.96. The zero-order valence-electron chi connectivity index (χ0n) is 14.4. The molecule has 0 saturated heterocycles. The molecule has 1 fully saturated rings. The number of benzene rings is 1. The van der Waals surface area contributed by atoms with Gasteiger partial charge in [0.2, 0.25) is 0 Å². The minimum Gasteiger partial charge on any atom is -0.334 e. The first kappa shape index (κ1) is 17.0. The maximum absolute atomic E-state index is 12.2. The smallest absolute Gasteiger partial charge is 0.328 e. The maximum atomic E-state index is 12.2. The number of aromatic nitrogens is 2. The number of carbonyl (C=O) groups excluding carboxylic acids is 1. The molecule has 1 aliphatic carbocycles. The summed E-state index contributed by atoms with van der Waals surface area (Å²) in [4.78, 5) is 39.8. The molecule has 7 nitrogen and oxygen atoms in total. The molecule has 0 spiro atoms. The van der Waals surface area contributed by atoms with Crippen molar-refractivity contribution in [1.29, 1.82) is 0 Å². The normalized spacial score (nSPS) is 13.5. The standard InChI is InChI=1S/C18H22N4O3/c1-12-4-3-5-13(8-12)10-21(2)17(24)19-9-14-11-22(15-6-7-15)18(25)20-16(14)23/h3-5,8,11,15H,6-7,9-10H2,1-2H3,(H,19,24)(H,20,23,25). The van der Waals surface area contributed by atoms with Crippen LogP contribution in [0.4, 0.5) is 4.79 Å². The van der Waals surface area contributed by atoms with E-state index in [0.29, 0.717) is 12.1 Å². The third-order valence-corrected chi connectivity index (χ3v) is 4.26. The molecular weight excluding hydrogens is 320 g/mol. The molecule has 0 bridgehead atoms. The monoisotopic (exact) mass is 342 g/mol. The van der Waals surface area contributed by atoms with Crippen molar-refractivity contribution in [1.82, 2.24) is 19.8 Å². The predicted octanol–water partition coefficient (Wildman–Crippen LogP) is 1.52. The largest absolute Gasteiger partial charge is 0.334 e. The lowest BCUT2D eigenvalue weighted by Crippen LogP contribution is -2.39. The number of nitrogens with one attached hydrogen (secondary N) is 2. The number of rotatable bonds is 5. The zero-order valence-corrected chi connectivity index (χ0v) is 14.4. The lowest BCUT2D eigenvalue weighted by molar-refractivity contribution is 0.206. The molecule has 0 aliphatic heterocycles. The van der Waals surface area contributed by atoms with E-state index in [1.165, 1.54) is 0 Å². The Kier molecular flexibility index (Phi) is 4.74. The number of carbonyl (C=O) groups is 1. The van der Waals surface area contributed by atoms with Gasteiger partial charge >= 0.3 is 11.7 Å². The van der Waals surface area contributed by atoms with Crippen LogP contribution in [0.3, 0.4) is 0 Å². The average molecular weight is 342 g/mol. The summed E-state index contributed by atoms with van der Waals surface area (Å²) in [6.07, 6.45) is 3.44. The van der Waals surface area contributed by atoms with Gasteiger partial charge in [-0.15, -0.1) is 0 Å². The molecule has 1 aliphatic rings. The number of H-pyrrole nitrogens is 1. The first-order chi connectivity index (χ1) is 11.9. The average Bonchev–Trinajstić information content (AvgIpc) is 3.38. The molecule has 7 heteroatoms. The highest BCUT2D eigenvalue weighted by Gasteiger charge is 2.25. The van der Waals surface area contributed by atoms with Crippen LogP contribution in [-0.4, -0.2) is 27.5 Å². The van der Waals surface area contributed by atoms with Crippen molar-refractivity contribution in [3.8, 4) is 0 Å². The maximum Gasteiger partial charge on any atom is 0.328 e. The van der Waals surface area contributed by atoms with Crippen molar-refractivity contribution in [3.05, 3.63) is 68.0 Å². The van der Waals surface area contributed by atoms with Crippen LogP contribution in [0.5, 0.6) is 0 Å². The second-order valence-corrected chi connectivity index (χ2v) is 6.56. The molecule has 0 atom stereocenters. The molecule has 1 aromatic carbocycles. The molecule has 1 saturated carbocycles. The topological polar surface area (TPSA) is 87.2 Å². The van der Waals surface area contributed by atoms with Crippen LogP contribution in [0.2, 0.25) is 0 Å². The SMILES string of the molecule is Cc1cccc(CN(C)C(=O)NCc2cn(C3CC3)c(=O)[nH]c2=O)c1. The molecule has 2 aromatic rings. The molecular formula is C18H22N4O3. The Morgan fingerprint density at radius 1 is 1.36 bits per heavy atom. The summed E-state index contributed by atoms with van der Waals surface area (Å²) in [6.45, 7) is 2.56. The van der Waals surface area contributed by atoms with Gasteiger partial charge in [-0.05, 0) is 25.3 Å². The Bertz CT molecular complexity index is 896. The van der Waals surface area contributed by atoms with Gasteiger partial charge in [-0.1, -0.05) is 29.8 Å². The minimum atomic E-state index is -0.455. The van der Waals surface area contributed by atoms with Crippen molar-refractivity contribution in [2.45, 2.75) is 38.9 Å². The van der Waals surface area contributed by atoms with Gasteiger partial charge in [0, 0.05) is 25.8 Å². The van der Waals surface area contributed by atoms with E-state index in [2.05, 4.69) is 10.3 Å². The van der Waals surface area contributed by atoms with Gasteiger partial charge < -0.3 is 10.2 Å². The van der Waals surface area contributed by atoms with Gasteiger partial charge in [-0.3, -0.25) is 14.3 Å². The Morgan fingerprint density at radius 2 is 2.12 bits per heavy atom. The van der Waals surface area contributed by atoms with E-state index >= 15 is 0 Å². The van der Waals surface area contributed by atoms with E-state index in [0.717, 1.165) is 24.0 Å². The molecule has 1 aromatic heterocycles. The first-order valence-corrected chi connectivity index (χ1v) is 8.33. The highest BCUT2D eigenvalue weighted by Crippen LogP contribution is 2.32. The molecule has 0 unspecified atom stereocenters. The Balaban J connectivity index is 1.63. The minimum absolute atomic E-state index is 0.0827. The number of urea groups is 1. The highest BCUT2D eigenvalue weighted by molar-refractivity contribution is 5.73. The fourth-order valence-corrected chi connectivity index (χ4v) is 2.74. The summed E-state index contributed by atoms with van der Waals surface area (Å²) >= 11 is 0. The van der Waals surface area contributed by atoms with E-state index in [9.17, 15) is 14.4 Å². The van der Waals surface area contributed by atoms with Crippen molar-refractivity contribution in [2.75, 3.05) is 7.05 Å². The van der Waals surface area contributed by atoms with Crippen LogP contribution in [-0.2, 0) is 13.1 Å². The highest BCUT2D eigenvalue weighted by atomic mass is 16.2. The predicted molar refractivity (Wildman–Crippen MR) is 94.5 cm³/mol. The number of hydrogen-bond donors (Lipinski definition) is 2. The molecule has 3 rings (SSSR count). The summed E-state index contributed by atoms with van der Waals surface area (Å²) in [7, 11) is 1.70. The summed E-state index contributed by atoms with van der Waals surface area (Å²) in [6, 6.07) is 7.85. The van der Waals surface area contributed by atoms with Crippen LogP contribution in [0.1, 0.15) is 35.6 Å². The Labute approximate surface area is 145 Å². The van der Waals surface area contributed by atoms with E-state index < -0.39 is 5.56 Å². The molecule has 25 heavy (non-hydrogen) atoms.